The van der Waals surface area contributed by atoms with Crippen LogP contribution in [0.4, 0.5) is 11.4 Å². The number of unbranched alkanes of at least 4 members (excludes halogenated alkanes) is 4. The molecule has 220 valence electrons. The highest BCUT2D eigenvalue weighted by molar-refractivity contribution is 6.32. The van der Waals surface area contributed by atoms with Crippen LogP contribution < -0.4 is 10.6 Å². The topological polar surface area (TPSA) is 75.3 Å². The first kappa shape index (κ1) is 29.8. The smallest absolute Gasteiger partial charge is 0.255 e. The van der Waals surface area contributed by atoms with E-state index in [1.165, 1.54) is 56.9 Å². The second-order valence-corrected chi connectivity index (χ2v) is 12.0. The molecule has 0 radical (unpaired) electrons. The third-order valence-corrected chi connectivity index (χ3v) is 9.13. The number of ketones is 2. The van der Waals surface area contributed by atoms with Crippen molar-refractivity contribution in [2.75, 3.05) is 17.2 Å². The van der Waals surface area contributed by atoms with Gasteiger partial charge in [0.15, 0.2) is 11.6 Å². The molecule has 1 saturated carbocycles. The van der Waals surface area contributed by atoms with Crippen molar-refractivity contribution in [2.24, 2.45) is 5.92 Å². The van der Waals surface area contributed by atoms with E-state index in [1.807, 2.05) is 12.1 Å². The van der Waals surface area contributed by atoms with Crippen molar-refractivity contribution in [1.29, 1.82) is 0 Å². The van der Waals surface area contributed by atoms with Crippen LogP contribution >= 0.6 is 0 Å². The summed E-state index contributed by atoms with van der Waals surface area (Å²) in [5.74, 6) is 0.694. The van der Waals surface area contributed by atoms with Crippen LogP contribution in [0.25, 0.3) is 0 Å². The number of carbonyl (C=O) groups excluding carboxylic acids is 3. The van der Waals surface area contributed by atoms with Gasteiger partial charge in [-0.2, -0.15) is 0 Å². The Kier molecular flexibility index (Phi) is 9.89. The number of nitrogens with one attached hydrogen (secondary N) is 2. The first-order valence-corrected chi connectivity index (χ1v) is 16.0. The van der Waals surface area contributed by atoms with E-state index in [2.05, 4.69) is 36.6 Å². The van der Waals surface area contributed by atoms with E-state index in [4.69, 9.17) is 0 Å². The molecule has 5 nitrogen and oxygen atoms in total. The van der Waals surface area contributed by atoms with E-state index >= 15 is 0 Å². The lowest BCUT2D eigenvalue weighted by Gasteiger charge is -2.29. The molecule has 0 bridgehead atoms. The Morgan fingerprint density at radius 3 is 1.95 bits per heavy atom. The Hall–Kier alpha value is -3.73. The van der Waals surface area contributed by atoms with Crippen LogP contribution in [0.2, 0.25) is 0 Å². The zero-order valence-corrected chi connectivity index (χ0v) is 25.1. The van der Waals surface area contributed by atoms with Crippen molar-refractivity contribution in [3.8, 4) is 0 Å². The van der Waals surface area contributed by atoms with Crippen LogP contribution in [0, 0.1) is 5.92 Å². The summed E-state index contributed by atoms with van der Waals surface area (Å²) in [5, 5.41) is 6.33. The Labute approximate surface area is 250 Å². The van der Waals surface area contributed by atoms with Crippen molar-refractivity contribution < 1.29 is 14.4 Å². The highest BCUT2D eigenvalue weighted by Gasteiger charge is 2.34. The van der Waals surface area contributed by atoms with E-state index < -0.39 is 0 Å². The van der Waals surface area contributed by atoms with Gasteiger partial charge in [-0.25, -0.2) is 0 Å². The molecule has 2 aliphatic rings. The van der Waals surface area contributed by atoms with Crippen LogP contribution in [-0.2, 0) is 0 Å². The summed E-state index contributed by atoms with van der Waals surface area (Å²) < 4.78 is 0. The average molecular weight is 565 g/mol. The molecule has 5 heteroatoms. The molecule has 1 fully saturated rings. The molecule has 0 spiro atoms. The van der Waals surface area contributed by atoms with Crippen molar-refractivity contribution in [3.05, 3.63) is 94.0 Å². The molecule has 3 aromatic carbocycles. The summed E-state index contributed by atoms with van der Waals surface area (Å²) in [6, 6.07) is 18.4. The van der Waals surface area contributed by atoms with E-state index in [1.54, 1.807) is 36.4 Å². The number of hydrogen-bond donors (Lipinski definition) is 2. The highest BCUT2D eigenvalue weighted by Crippen LogP contribution is 2.39. The van der Waals surface area contributed by atoms with Crippen LogP contribution in [0.1, 0.15) is 138 Å². The van der Waals surface area contributed by atoms with Gasteiger partial charge in [-0.05, 0) is 73.8 Å². The molecule has 0 saturated heterocycles. The van der Waals surface area contributed by atoms with Crippen molar-refractivity contribution >= 4 is 28.8 Å². The summed E-state index contributed by atoms with van der Waals surface area (Å²) in [7, 11) is 0. The second-order valence-electron chi connectivity index (χ2n) is 12.0. The summed E-state index contributed by atoms with van der Waals surface area (Å²) in [5.41, 5.74) is 4.22. The van der Waals surface area contributed by atoms with Crippen molar-refractivity contribution in [3.63, 3.8) is 0 Å². The minimum absolute atomic E-state index is 0.196. The van der Waals surface area contributed by atoms with Gasteiger partial charge in [0.2, 0.25) is 0 Å². The van der Waals surface area contributed by atoms with Gasteiger partial charge in [0.25, 0.3) is 5.91 Å². The summed E-state index contributed by atoms with van der Waals surface area (Å²) >= 11 is 0. The number of carbonyl (C=O) groups is 3. The Balaban J connectivity index is 1.32. The predicted molar refractivity (Wildman–Crippen MR) is 171 cm³/mol. The third-order valence-electron chi connectivity index (χ3n) is 9.13. The summed E-state index contributed by atoms with van der Waals surface area (Å²) in [4.78, 5) is 40.7. The third kappa shape index (κ3) is 6.51. The van der Waals surface area contributed by atoms with Crippen molar-refractivity contribution in [1.82, 2.24) is 0 Å². The minimum Gasteiger partial charge on any atom is -0.384 e. The van der Waals surface area contributed by atoms with E-state index in [-0.39, 0.29) is 23.0 Å². The molecule has 0 heterocycles. The fourth-order valence-electron chi connectivity index (χ4n) is 6.64. The van der Waals surface area contributed by atoms with E-state index in [0.29, 0.717) is 46.1 Å². The lowest BCUT2D eigenvalue weighted by molar-refractivity contribution is 0.0979. The standard InChI is InChI=1S/C37H44N2O3/c1-3-5-7-11-25-14-16-26(17-15-25)27-18-20-28(21-19-27)37(42)39-32-23-22-31(38-24-10-6-4-2)33-34(32)36(41)30-13-9-8-12-29(30)35(33)40/h8-9,12-13,18-23,25-26,38H,3-7,10-11,14-17,24H2,1-2H3,(H,39,42). The van der Waals surface area contributed by atoms with Gasteiger partial charge in [-0.15, -0.1) is 0 Å². The number of anilines is 2. The first-order valence-electron chi connectivity index (χ1n) is 16.0. The molecular weight excluding hydrogens is 520 g/mol. The van der Waals surface area contributed by atoms with Crippen LogP contribution in [0.5, 0.6) is 0 Å². The van der Waals surface area contributed by atoms with Crippen molar-refractivity contribution in [2.45, 2.75) is 90.4 Å². The van der Waals surface area contributed by atoms with Gasteiger partial charge >= 0.3 is 0 Å². The maximum Gasteiger partial charge on any atom is 0.255 e. The predicted octanol–water partition coefficient (Wildman–Crippen LogP) is 9.17. The number of hydrogen-bond acceptors (Lipinski definition) is 4. The van der Waals surface area contributed by atoms with Crippen LogP contribution in [0.3, 0.4) is 0 Å². The summed E-state index contributed by atoms with van der Waals surface area (Å²) in [6.45, 7) is 5.12. The molecule has 0 aromatic heterocycles. The van der Waals surface area contributed by atoms with Gasteiger partial charge < -0.3 is 10.6 Å². The molecule has 0 atom stereocenters. The zero-order valence-electron chi connectivity index (χ0n) is 25.1. The van der Waals surface area contributed by atoms with Gasteiger partial charge in [0.05, 0.1) is 16.8 Å². The van der Waals surface area contributed by atoms with Crippen LogP contribution in [-0.4, -0.2) is 24.0 Å². The van der Waals surface area contributed by atoms with E-state index in [0.717, 1.165) is 25.2 Å². The molecule has 2 aliphatic carbocycles. The molecular formula is C37H44N2O3. The Morgan fingerprint density at radius 2 is 1.31 bits per heavy atom. The maximum atomic E-state index is 13.7. The summed E-state index contributed by atoms with van der Waals surface area (Å²) in [6.07, 6.45) is 13.5. The molecule has 2 N–H and O–H groups in total. The quantitative estimate of drug-likeness (QED) is 0.168. The Morgan fingerprint density at radius 1 is 0.714 bits per heavy atom. The maximum absolute atomic E-state index is 13.7. The van der Waals surface area contributed by atoms with Gasteiger partial charge in [-0.1, -0.05) is 88.8 Å². The molecule has 42 heavy (non-hydrogen) atoms. The fraction of sp³-hybridized carbons (Fsp3) is 0.432. The highest BCUT2D eigenvalue weighted by atomic mass is 16.2. The molecule has 0 unspecified atom stereocenters. The lowest BCUT2D eigenvalue weighted by atomic mass is 9.77. The number of amides is 1. The largest absolute Gasteiger partial charge is 0.384 e. The monoisotopic (exact) mass is 564 g/mol. The average Bonchev–Trinajstić information content (AvgIpc) is 3.03. The zero-order chi connectivity index (χ0) is 29.5. The van der Waals surface area contributed by atoms with Gasteiger partial charge in [0.1, 0.15) is 0 Å². The molecule has 3 aromatic rings. The number of rotatable bonds is 12. The minimum atomic E-state index is -0.286. The molecule has 0 aliphatic heterocycles. The van der Waals surface area contributed by atoms with E-state index in [9.17, 15) is 14.4 Å². The fourth-order valence-corrected chi connectivity index (χ4v) is 6.64. The molecule has 1 amide bonds. The number of fused-ring (bicyclic) bond motifs is 2. The molecule has 5 rings (SSSR count). The number of benzene rings is 3. The lowest BCUT2D eigenvalue weighted by Crippen LogP contribution is -2.25. The van der Waals surface area contributed by atoms with Gasteiger partial charge in [-0.3, -0.25) is 14.4 Å². The van der Waals surface area contributed by atoms with Gasteiger partial charge in [0, 0.05) is 28.9 Å². The first-order chi connectivity index (χ1) is 20.5. The second kappa shape index (κ2) is 14.0. The normalized spacial score (nSPS) is 17.9. The SMILES string of the molecule is CCCCCNc1ccc(NC(=O)c2ccc(C3CCC(CCCCC)CC3)cc2)c2c1C(=O)c1ccccc1C2=O. The van der Waals surface area contributed by atoms with Crippen LogP contribution in [0.15, 0.2) is 60.7 Å². The Bertz CT molecular complexity index is 1420.